The molecular weight excluding hydrogens is 248 g/mol. The highest BCUT2D eigenvalue weighted by Crippen LogP contribution is 2.38. The number of nitrogens with two attached hydrogens (primary N) is 1. The Morgan fingerprint density at radius 2 is 2.00 bits per heavy atom. The molecule has 2 aromatic carbocycles. The maximum absolute atomic E-state index is 6.20. The van der Waals surface area contributed by atoms with Crippen molar-refractivity contribution in [2.45, 2.75) is 19.6 Å². The lowest BCUT2D eigenvalue weighted by atomic mass is 10.1. The molecular formula is C17H20N2O. The molecule has 0 radical (unpaired) electrons. The van der Waals surface area contributed by atoms with E-state index in [-0.39, 0.29) is 6.10 Å². The molecule has 1 unspecified atom stereocenters. The Bertz CT molecular complexity index is 583. The quantitative estimate of drug-likeness (QED) is 0.929. The number of hydrogen-bond acceptors (Lipinski definition) is 3. The molecule has 2 aromatic rings. The van der Waals surface area contributed by atoms with Crippen LogP contribution in [0.15, 0.2) is 48.5 Å². The summed E-state index contributed by atoms with van der Waals surface area (Å²) in [7, 11) is 0. The van der Waals surface area contributed by atoms with Crippen molar-refractivity contribution >= 4 is 5.69 Å². The van der Waals surface area contributed by atoms with Crippen LogP contribution in [0.3, 0.4) is 0 Å². The number of likely N-dealkylation sites (N-methyl/N-ethyl adjacent to an activating group) is 1. The second kappa shape index (κ2) is 5.55. The summed E-state index contributed by atoms with van der Waals surface area (Å²) < 4.78 is 6.20. The number of fused-ring (bicyclic) bond motifs is 1. The van der Waals surface area contributed by atoms with E-state index in [1.54, 1.807) is 0 Å². The van der Waals surface area contributed by atoms with Crippen LogP contribution in [0, 0.1) is 0 Å². The van der Waals surface area contributed by atoms with E-state index in [1.165, 1.54) is 5.56 Å². The summed E-state index contributed by atoms with van der Waals surface area (Å²) in [6, 6.07) is 16.6. The van der Waals surface area contributed by atoms with Crippen molar-refractivity contribution in [1.29, 1.82) is 0 Å². The number of ether oxygens (including phenoxy) is 1. The first-order valence-electron chi connectivity index (χ1n) is 7.11. The molecule has 0 aliphatic carbocycles. The fourth-order valence-electron chi connectivity index (χ4n) is 2.67. The van der Waals surface area contributed by atoms with Crippen LogP contribution >= 0.6 is 0 Å². The van der Waals surface area contributed by atoms with Crippen LogP contribution in [-0.4, -0.2) is 13.1 Å². The highest BCUT2D eigenvalue weighted by molar-refractivity contribution is 5.61. The van der Waals surface area contributed by atoms with Gasteiger partial charge in [0.2, 0.25) is 0 Å². The fourth-order valence-corrected chi connectivity index (χ4v) is 2.67. The number of benzene rings is 2. The first-order valence-corrected chi connectivity index (χ1v) is 7.11. The van der Waals surface area contributed by atoms with Gasteiger partial charge < -0.3 is 15.4 Å². The lowest BCUT2D eigenvalue weighted by Gasteiger charge is -2.36. The molecule has 0 amide bonds. The third-order valence-electron chi connectivity index (χ3n) is 3.81. The summed E-state index contributed by atoms with van der Waals surface area (Å²) in [4.78, 5) is 2.36. The molecule has 0 saturated heterocycles. The Morgan fingerprint density at radius 1 is 1.20 bits per heavy atom. The lowest BCUT2D eigenvalue weighted by molar-refractivity contribution is 0.197. The van der Waals surface area contributed by atoms with Crippen LogP contribution in [0.4, 0.5) is 5.69 Å². The Morgan fingerprint density at radius 3 is 2.70 bits per heavy atom. The zero-order valence-corrected chi connectivity index (χ0v) is 11.8. The van der Waals surface area contributed by atoms with Gasteiger partial charge in [0.25, 0.3) is 0 Å². The smallest absolute Gasteiger partial charge is 0.143 e. The van der Waals surface area contributed by atoms with Gasteiger partial charge in [-0.3, -0.25) is 0 Å². The van der Waals surface area contributed by atoms with E-state index >= 15 is 0 Å². The molecule has 3 heteroatoms. The topological polar surface area (TPSA) is 38.5 Å². The number of anilines is 1. The minimum absolute atomic E-state index is 0.0803. The van der Waals surface area contributed by atoms with Gasteiger partial charge in [0.1, 0.15) is 11.9 Å². The van der Waals surface area contributed by atoms with Crippen molar-refractivity contribution in [1.82, 2.24) is 0 Å². The molecule has 1 atom stereocenters. The van der Waals surface area contributed by atoms with E-state index in [0.717, 1.165) is 30.1 Å². The van der Waals surface area contributed by atoms with Crippen LogP contribution in [0.1, 0.15) is 24.2 Å². The second-order valence-corrected chi connectivity index (χ2v) is 5.06. The van der Waals surface area contributed by atoms with Gasteiger partial charge in [-0.15, -0.1) is 0 Å². The monoisotopic (exact) mass is 268 g/mol. The van der Waals surface area contributed by atoms with E-state index in [1.807, 2.05) is 6.07 Å². The number of rotatable bonds is 3. The minimum atomic E-state index is 0.0803. The first-order chi connectivity index (χ1) is 9.81. The van der Waals surface area contributed by atoms with E-state index < -0.39 is 0 Å². The Hall–Kier alpha value is -2.00. The van der Waals surface area contributed by atoms with Crippen LogP contribution in [0.25, 0.3) is 0 Å². The third-order valence-corrected chi connectivity index (χ3v) is 3.81. The molecule has 3 rings (SSSR count). The Balaban J connectivity index is 1.96. The summed E-state index contributed by atoms with van der Waals surface area (Å²) in [5.74, 6) is 0.940. The fraction of sp³-hybridized carbons (Fsp3) is 0.294. The van der Waals surface area contributed by atoms with Crippen LogP contribution in [0.2, 0.25) is 0 Å². The highest BCUT2D eigenvalue weighted by Gasteiger charge is 2.25. The minimum Gasteiger partial charge on any atom is -0.482 e. The third kappa shape index (κ3) is 2.37. The summed E-state index contributed by atoms with van der Waals surface area (Å²) in [5.41, 5.74) is 9.21. The van der Waals surface area contributed by atoms with E-state index in [2.05, 4.69) is 54.3 Å². The molecule has 0 spiro atoms. The zero-order valence-electron chi connectivity index (χ0n) is 11.8. The van der Waals surface area contributed by atoms with Crippen LogP contribution < -0.4 is 15.4 Å². The average molecular weight is 268 g/mol. The number of hydrogen-bond donors (Lipinski definition) is 1. The molecule has 0 aromatic heterocycles. The molecule has 0 bridgehead atoms. The summed E-state index contributed by atoms with van der Waals surface area (Å²) in [6.45, 7) is 4.57. The van der Waals surface area contributed by atoms with Gasteiger partial charge in [0.05, 0.1) is 12.2 Å². The highest BCUT2D eigenvalue weighted by atomic mass is 16.5. The predicted octanol–water partition coefficient (Wildman–Crippen LogP) is 3.11. The van der Waals surface area contributed by atoms with Gasteiger partial charge in [-0.05, 0) is 30.2 Å². The average Bonchev–Trinajstić information content (AvgIpc) is 2.54. The molecule has 2 N–H and O–H groups in total. The standard InChI is InChI=1S/C17H20N2O/c1-2-19-12-17(14-6-4-3-5-7-14)20-16-10-13(11-18)8-9-15(16)19/h3-10,17H,2,11-12,18H2,1H3. The molecule has 20 heavy (non-hydrogen) atoms. The Labute approximate surface area is 120 Å². The molecule has 1 aliphatic heterocycles. The molecule has 104 valence electrons. The first kappa shape index (κ1) is 13.0. The summed E-state index contributed by atoms with van der Waals surface area (Å²) >= 11 is 0. The molecule has 1 aliphatic rings. The van der Waals surface area contributed by atoms with Crippen LogP contribution in [-0.2, 0) is 6.54 Å². The van der Waals surface area contributed by atoms with Gasteiger partial charge in [0, 0.05) is 13.1 Å². The van der Waals surface area contributed by atoms with Gasteiger partial charge in [0.15, 0.2) is 0 Å². The van der Waals surface area contributed by atoms with Gasteiger partial charge in [-0.1, -0.05) is 36.4 Å². The van der Waals surface area contributed by atoms with Crippen molar-refractivity contribution < 1.29 is 4.74 Å². The van der Waals surface area contributed by atoms with E-state index in [0.29, 0.717) is 6.54 Å². The molecule has 3 nitrogen and oxygen atoms in total. The van der Waals surface area contributed by atoms with E-state index in [9.17, 15) is 0 Å². The predicted molar refractivity (Wildman–Crippen MR) is 82.0 cm³/mol. The van der Waals surface area contributed by atoms with E-state index in [4.69, 9.17) is 10.5 Å². The van der Waals surface area contributed by atoms with Crippen molar-refractivity contribution in [3.05, 3.63) is 59.7 Å². The Kier molecular flexibility index (Phi) is 3.61. The SMILES string of the molecule is CCN1CC(c2ccccc2)Oc2cc(CN)ccc21. The van der Waals surface area contributed by atoms with Crippen LogP contribution in [0.5, 0.6) is 5.75 Å². The van der Waals surface area contributed by atoms with Crippen molar-refractivity contribution in [2.75, 3.05) is 18.0 Å². The normalized spacial score (nSPS) is 17.5. The maximum Gasteiger partial charge on any atom is 0.143 e. The van der Waals surface area contributed by atoms with Gasteiger partial charge in [-0.2, -0.15) is 0 Å². The van der Waals surface area contributed by atoms with Crippen molar-refractivity contribution in [3.63, 3.8) is 0 Å². The van der Waals surface area contributed by atoms with Gasteiger partial charge >= 0.3 is 0 Å². The van der Waals surface area contributed by atoms with Crippen molar-refractivity contribution in [3.8, 4) is 5.75 Å². The van der Waals surface area contributed by atoms with Crippen molar-refractivity contribution in [2.24, 2.45) is 5.73 Å². The second-order valence-electron chi connectivity index (χ2n) is 5.06. The zero-order chi connectivity index (χ0) is 13.9. The molecule has 0 fully saturated rings. The van der Waals surface area contributed by atoms with Gasteiger partial charge in [-0.25, -0.2) is 0 Å². The largest absolute Gasteiger partial charge is 0.482 e. The summed E-state index contributed by atoms with van der Waals surface area (Å²) in [6.07, 6.45) is 0.0803. The summed E-state index contributed by atoms with van der Waals surface area (Å²) in [5, 5.41) is 0. The maximum atomic E-state index is 6.20. The molecule has 0 saturated carbocycles. The number of nitrogens with zero attached hydrogens (tertiary/aromatic N) is 1. The molecule has 1 heterocycles. The lowest BCUT2D eigenvalue weighted by Crippen LogP contribution is -2.35.